The fourth-order valence-corrected chi connectivity index (χ4v) is 2.39. The van der Waals surface area contributed by atoms with E-state index < -0.39 is 0 Å². The summed E-state index contributed by atoms with van der Waals surface area (Å²) < 4.78 is 12.3. The molecular formula is C16H14N4O2. The van der Waals surface area contributed by atoms with Gasteiger partial charge < -0.3 is 9.47 Å². The maximum Gasteiger partial charge on any atom is 0.159 e. The molecule has 2 aromatic heterocycles. The molecule has 0 unspecified atom stereocenters. The molecule has 0 fully saturated rings. The number of nitriles is 1. The van der Waals surface area contributed by atoms with E-state index in [2.05, 4.69) is 16.2 Å². The zero-order valence-corrected chi connectivity index (χ0v) is 12.3. The topological polar surface area (TPSA) is 72.4 Å². The van der Waals surface area contributed by atoms with E-state index in [1.54, 1.807) is 37.1 Å². The Labute approximate surface area is 127 Å². The molecule has 110 valence electrons. The molecule has 2 heterocycles. The summed E-state index contributed by atoms with van der Waals surface area (Å²) >= 11 is 0. The lowest BCUT2D eigenvalue weighted by atomic mass is 10.0. The third-order valence-corrected chi connectivity index (χ3v) is 3.41. The summed E-state index contributed by atoms with van der Waals surface area (Å²) in [5.41, 5.74) is 2.96. The number of rotatable bonds is 4. The van der Waals surface area contributed by atoms with Crippen molar-refractivity contribution in [2.45, 2.75) is 6.42 Å². The van der Waals surface area contributed by atoms with Gasteiger partial charge in [-0.3, -0.25) is 0 Å². The predicted molar refractivity (Wildman–Crippen MR) is 80.8 cm³/mol. The second-order valence-corrected chi connectivity index (χ2v) is 4.62. The molecule has 0 bridgehead atoms. The maximum atomic E-state index is 9.11. The van der Waals surface area contributed by atoms with Crippen molar-refractivity contribution in [1.82, 2.24) is 14.6 Å². The number of methoxy groups -OCH3 is 2. The van der Waals surface area contributed by atoms with Gasteiger partial charge >= 0.3 is 0 Å². The minimum Gasteiger partial charge on any atom is -0.497 e. The van der Waals surface area contributed by atoms with Gasteiger partial charge in [-0.05, 0) is 18.2 Å². The summed E-state index contributed by atoms with van der Waals surface area (Å²) in [4.78, 5) is 4.32. The first-order valence-electron chi connectivity index (χ1n) is 6.70. The molecule has 6 heteroatoms. The van der Waals surface area contributed by atoms with Gasteiger partial charge in [0.25, 0.3) is 0 Å². The van der Waals surface area contributed by atoms with Crippen molar-refractivity contribution in [3.05, 3.63) is 42.2 Å². The fourth-order valence-electron chi connectivity index (χ4n) is 2.39. The highest BCUT2D eigenvalue weighted by Gasteiger charge is 2.18. The summed E-state index contributed by atoms with van der Waals surface area (Å²) in [5.74, 6) is 1.34. The van der Waals surface area contributed by atoms with Crippen molar-refractivity contribution in [2.75, 3.05) is 14.2 Å². The zero-order valence-electron chi connectivity index (χ0n) is 12.3. The average Bonchev–Trinajstić information content (AvgIpc) is 2.93. The van der Waals surface area contributed by atoms with Crippen LogP contribution in [0.3, 0.4) is 0 Å². The van der Waals surface area contributed by atoms with Crippen LogP contribution in [0.2, 0.25) is 0 Å². The second-order valence-electron chi connectivity index (χ2n) is 4.62. The van der Waals surface area contributed by atoms with Gasteiger partial charge in [0.05, 0.1) is 26.7 Å². The third-order valence-electron chi connectivity index (χ3n) is 3.41. The summed E-state index contributed by atoms with van der Waals surface area (Å²) in [5, 5.41) is 13.7. The van der Waals surface area contributed by atoms with Crippen LogP contribution in [-0.2, 0) is 6.42 Å². The van der Waals surface area contributed by atoms with Crippen molar-refractivity contribution in [3.63, 3.8) is 0 Å². The van der Waals surface area contributed by atoms with Crippen molar-refractivity contribution in [2.24, 2.45) is 0 Å². The molecule has 0 spiro atoms. The molecule has 0 aliphatic rings. The molecule has 0 radical (unpaired) electrons. The Morgan fingerprint density at radius 3 is 2.86 bits per heavy atom. The number of aromatic nitrogens is 3. The van der Waals surface area contributed by atoms with Gasteiger partial charge in [-0.25, -0.2) is 9.50 Å². The van der Waals surface area contributed by atoms with Gasteiger partial charge in [-0.15, -0.1) is 0 Å². The SMILES string of the molecule is COc1ccc(-c2nn3cccnc3c2CC#N)c(OC)c1. The highest BCUT2D eigenvalue weighted by molar-refractivity contribution is 5.76. The molecule has 0 aliphatic heterocycles. The lowest BCUT2D eigenvalue weighted by Crippen LogP contribution is -1.93. The van der Waals surface area contributed by atoms with Crippen molar-refractivity contribution in [3.8, 4) is 28.8 Å². The van der Waals surface area contributed by atoms with Crippen LogP contribution in [-0.4, -0.2) is 28.8 Å². The average molecular weight is 294 g/mol. The molecule has 1 aromatic carbocycles. The van der Waals surface area contributed by atoms with Crippen molar-refractivity contribution < 1.29 is 9.47 Å². The molecule has 3 rings (SSSR count). The van der Waals surface area contributed by atoms with Gasteiger partial charge in [0, 0.05) is 29.6 Å². The van der Waals surface area contributed by atoms with E-state index in [0.29, 0.717) is 22.8 Å². The third kappa shape index (κ3) is 2.23. The largest absolute Gasteiger partial charge is 0.497 e. The Balaban J connectivity index is 2.26. The van der Waals surface area contributed by atoms with Crippen LogP contribution >= 0.6 is 0 Å². The van der Waals surface area contributed by atoms with E-state index in [1.807, 2.05) is 18.3 Å². The van der Waals surface area contributed by atoms with Gasteiger partial charge in [-0.1, -0.05) is 0 Å². The quantitative estimate of drug-likeness (QED) is 0.739. The smallest absolute Gasteiger partial charge is 0.159 e. The molecule has 0 atom stereocenters. The summed E-state index contributed by atoms with van der Waals surface area (Å²) in [6, 6.07) is 9.48. The van der Waals surface area contributed by atoms with E-state index in [0.717, 1.165) is 11.1 Å². The number of benzene rings is 1. The summed E-state index contributed by atoms with van der Waals surface area (Å²) in [6.07, 6.45) is 3.72. The van der Waals surface area contributed by atoms with Crippen LogP contribution in [0.1, 0.15) is 5.56 Å². The molecule has 0 aliphatic carbocycles. The molecule has 6 nitrogen and oxygen atoms in total. The van der Waals surface area contributed by atoms with Crippen LogP contribution in [0.4, 0.5) is 0 Å². The first-order valence-corrected chi connectivity index (χ1v) is 6.70. The van der Waals surface area contributed by atoms with Crippen LogP contribution in [0.15, 0.2) is 36.7 Å². The number of hydrogen-bond acceptors (Lipinski definition) is 5. The fraction of sp³-hybridized carbons (Fsp3) is 0.188. The molecule has 0 saturated heterocycles. The Kier molecular flexibility index (Phi) is 3.62. The predicted octanol–water partition coefficient (Wildman–Crippen LogP) is 2.48. The summed E-state index contributed by atoms with van der Waals surface area (Å²) in [6.45, 7) is 0. The van der Waals surface area contributed by atoms with E-state index in [1.165, 1.54) is 0 Å². The van der Waals surface area contributed by atoms with Crippen molar-refractivity contribution in [1.29, 1.82) is 5.26 Å². The Bertz CT molecular complexity index is 864. The van der Waals surface area contributed by atoms with Crippen LogP contribution in [0.25, 0.3) is 16.9 Å². The Hall–Kier alpha value is -3.07. The van der Waals surface area contributed by atoms with Gasteiger partial charge in [0.1, 0.15) is 17.2 Å². The maximum absolute atomic E-state index is 9.11. The van der Waals surface area contributed by atoms with Crippen molar-refractivity contribution >= 4 is 5.65 Å². The second kappa shape index (κ2) is 5.74. The van der Waals surface area contributed by atoms with Gasteiger partial charge in [0.2, 0.25) is 0 Å². The molecule has 0 saturated carbocycles. The van der Waals surface area contributed by atoms with E-state index in [-0.39, 0.29) is 6.42 Å². The number of fused-ring (bicyclic) bond motifs is 1. The lowest BCUT2D eigenvalue weighted by molar-refractivity contribution is 0.395. The van der Waals surface area contributed by atoms with E-state index in [4.69, 9.17) is 14.7 Å². The number of hydrogen-bond donors (Lipinski definition) is 0. The van der Waals surface area contributed by atoms with Crippen LogP contribution in [0, 0.1) is 11.3 Å². The highest BCUT2D eigenvalue weighted by Crippen LogP contribution is 2.35. The number of nitrogens with zero attached hydrogens (tertiary/aromatic N) is 4. The first-order chi connectivity index (χ1) is 10.8. The van der Waals surface area contributed by atoms with E-state index >= 15 is 0 Å². The standard InChI is InChI=1S/C16H14N4O2/c1-21-11-4-5-12(14(10-11)22-2)15-13(6-7-17)16-18-8-3-9-20(16)19-15/h3-5,8-10H,6H2,1-2H3. The van der Waals surface area contributed by atoms with Gasteiger partial charge in [0.15, 0.2) is 5.65 Å². The summed E-state index contributed by atoms with van der Waals surface area (Å²) in [7, 11) is 3.20. The molecule has 3 aromatic rings. The van der Waals surface area contributed by atoms with Gasteiger partial charge in [-0.2, -0.15) is 10.4 Å². The Morgan fingerprint density at radius 2 is 2.14 bits per heavy atom. The molecule has 0 amide bonds. The monoisotopic (exact) mass is 294 g/mol. The van der Waals surface area contributed by atoms with Crippen LogP contribution in [0.5, 0.6) is 11.5 Å². The minimum atomic E-state index is 0.227. The minimum absolute atomic E-state index is 0.227. The van der Waals surface area contributed by atoms with E-state index in [9.17, 15) is 0 Å². The number of ether oxygens (including phenoxy) is 2. The molecule has 0 N–H and O–H groups in total. The molecule has 22 heavy (non-hydrogen) atoms. The highest BCUT2D eigenvalue weighted by atomic mass is 16.5. The van der Waals surface area contributed by atoms with Crippen LogP contribution < -0.4 is 9.47 Å². The lowest BCUT2D eigenvalue weighted by Gasteiger charge is -2.09. The normalized spacial score (nSPS) is 10.4. The zero-order chi connectivity index (χ0) is 15.5. The first kappa shape index (κ1) is 13.9. The molecular weight excluding hydrogens is 280 g/mol. The Morgan fingerprint density at radius 1 is 1.27 bits per heavy atom.